The number of aryl methyl sites for hydroxylation is 1. The summed E-state index contributed by atoms with van der Waals surface area (Å²) >= 11 is 0. The fourth-order valence-corrected chi connectivity index (χ4v) is 2.79. The first-order chi connectivity index (χ1) is 12.2. The van der Waals surface area contributed by atoms with Crippen molar-refractivity contribution >= 4 is 11.6 Å². The zero-order chi connectivity index (χ0) is 17.2. The topological polar surface area (TPSA) is 85.6 Å². The molecule has 1 amide bonds. The van der Waals surface area contributed by atoms with Gasteiger partial charge in [0.25, 0.3) is 5.91 Å². The highest BCUT2D eigenvalue weighted by molar-refractivity contribution is 6.05. The molecule has 2 heterocycles. The number of nitrogens with zero attached hydrogens (tertiary/aromatic N) is 5. The van der Waals surface area contributed by atoms with Crippen LogP contribution in [0.4, 0.5) is 5.69 Å². The Morgan fingerprint density at radius 3 is 2.84 bits per heavy atom. The fraction of sp³-hybridized carbons (Fsp3) is 0.278. The average molecular weight is 334 g/mol. The second kappa shape index (κ2) is 6.43. The molecule has 0 radical (unpaired) electrons. The van der Waals surface area contributed by atoms with E-state index in [1.165, 1.54) is 0 Å². The number of carbonyl (C=O) groups is 1. The highest BCUT2D eigenvalue weighted by Gasteiger charge is 2.30. The van der Waals surface area contributed by atoms with E-state index in [1.807, 2.05) is 35.8 Å². The van der Waals surface area contributed by atoms with Crippen molar-refractivity contribution in [2.75, 3.05) is 5.32 Å². The largest absolute Gasteiger partial charge is 0.322 e. The van der Waals surface area contributed by atoms with Crippen LogP contribution in [0, 0.1) is 6.92 Å². The smallest absolute Gasteiger partial charge is 0.259 e. The Morgan fingerprint density at radius 2 is 2.08 bits per heavy atom. The van der Waals surface area contributed by atoms with Gasteiger partial charge in [0.1, 0.15) is 18.5 Å². The fourth-order valence-electron chi connectivity index (χ4n) is 2.79. The van der Waals surface area contributed by atoms with Gasteiger partial charge < -0.3 is 9.88 Å². The summed E-state index contributed by atoms with van der Waals surface area (Å²) in [4.78, 5) is 21.4. The van der Waals surface area contributed by atoms with E-state index in [9.17, 15) is 4.79 Å². The van der Waals surface area contributed by atoms with Crippen LogP contribution in [0.5, 0.6) is 0 Å². The minimum Gasteiger partial charge on any atom is -0.322 e. The van der Waals surface area contributed by atoms with Crippen LogP contribution >= 0.6 is 0 Å². The molecule has 0 aliphatic heterocycles. The molecule has 1 saturated carbocycles. The molecule has 0 atom stereocenters. The van der Waals surface area contributed by atoms with Crippen molar-refractivity contribution in [3.63, 3.8) is 0 Å². The summed E-state index contributed by atoms with van der Waals surface area (Å²) < 4.78 is 1.87. The van der Waals surface area contributed by atoms with Crippen LogP contribution in [-0.4, -0.2) is 30.6 Å². The van der Waals surface area contributed by atoms with Gasteiger partial charge in [-0.25, -0.2) is 9.97 Å². The first kappa shape index (κ1) is 15.4. The molecule has 0 bridgehead atoms. The minimum absolute atomic E-state index is 0.164. The van der Waals surface area contributed by atoms with E-state index in [0.29, 0.717) is 23.9 Å². The number of hydrogen-bond donors (Lipinski definition) is 1. The molecule has 1 aliphatic carbocycles. The second-order valence-corrected chi connectivity index (χ2v) is 6.28. The van der Waals surface area contributed by atoms with Gasteiger partial charge >= 0.3 is 0 Å². The lowest BCUT2D eigenvalue weighted by Gasteiger charge is -2.10. The Labute approximate surface area is 145 Å². The van der Waals surface area contributed by atoms with Gasteiger partial charge in [-0.05, 0) is 37.5 Å². The van der Waals surface area contributed by atoms with Gasteiger partial charge in [0.15, 0.2) is 0 Å². The predicted molar refractivity (Wildman–Crippen MR) is 92.3 cm³/mol. The lowest BCUT2D eigenvalue weighted by molar-refractivity contribution is 0.102. The van der Waals surface area contributed by atoms with E-state index in [2.05, 4.69) is 25.5 Å². The molecule has 4 rings (SSSR count). The number of amides is 1. The van der Waals surface area contributed by atoms with E-state index >= 15 is 0 Å². The van der Waals surface area contributed by atoms with Crippen molar-refractivity contribution in [2.24, 2.45) is 0 Å². The highest BCUT2D eigenvalue weighted by Crippen LogP contribution is 2.40. The first-order valence-electron chi connectivity index (χ1n) is 8.25. The second-order valence-electron chi connectivity index (χ2n) is 6.28. The van der Waals surface area contributed by atoms with E-state index in [4.69, 9.17) is 0 Å². The van der Waals surface area contributed by atoms with E-state index < -0.39 is 0 Å². The number of hydrogen-bond acceptors (Lipinski definition) is 5. The summed E-state index contributed by atoms with van der Waals surface area (Å²) in [6.45, 7) is 2.50. The Balaban J connectivity index is 1.53. The molecule has 2 aromatic heterocycles. The van der Waals surface area contributed by atoms with Crippen molar-refractivity contribution in [1.29, 1.82) is 0 Å². The Bertz CT molecular complexity index is 902. The molecule has 1 aromatic carbocycles. The van der Waals surface area contributed by atoms with Crippen molar-refractivity contribution in [3.8, 4) is 0 Å². The number of aromatic nitrogens is 5. The maximum atomic E-state index is 12.7. The number of rotatable bonds is 5. The maximum Gasteiger partial charge on any atom is 0.259 e. The molecular formula is C18H18N6O. The molecule has 126 valence electrons. The van der Waals surface area contributed by atoms with Crippen molar-refractivity contribution in [2.45, 2.75) is 32.2 Å². The molecule has 0 saturated heterocycles. The molecular weight excluding hydrogens is 316 g/mol. The highest BCUT2D eigenvalue weighted by atomic mass is 16.1. The summed E-state index contributed by atoms with van der Waals surface area (Å²) in [5.41, 5.74) is 3.24. The molecule has 7 nitrogen and oxygen atoms in total. The SMILES string of the molecule is Cc1ncc(C(=O)Nc2cccc(Cn3cnnc3)c2)c(C2CC2)n1. The van der Waals surface area contributed by atoms with Crippen molar-refractivity contribution in [1.82, 2.24) is 24.7 Å². The van der Waals surface area contributed by atoms with Crippen LogP contribution in [-0.2, 0) is 6.54 Å². The van der Waals surface area contributed by atoms with E-state index in [0.717, 1.165) is 29.8 Å². The summed E-state index contributed by atoms with van der Waals surface area (Å²) in [7, 11) is 0. The van der Waals surface area contributed by atoms with Gasteiger partial charge in [-0.1, -0.05) is 12.1 Å². The van der Waals surface area contributed by atoms with Gasteiger partial charge in [-0.3, -0.25) is 4.79 Å². The van der Waals surface area contributed by atoms with Crippen LogP contribution in [0.3, 0.4) is 0 Å². The molecule has 1 aliphatic rings. The Kier molecular flexibility index (Phi) is 3.97. The van der Waals surface area contributed by atoms with Crippen molar-refractivity contribution < 1.29 is 4.79 Å². The van der Waals surface area contributed by atoms with E-state index in [-0.39, 0.29) is 5.91 Å². The summed E-state index contributed by atoms with van der Waals surface area (Å²) in [5.74, 6) is 0.931. The quantitative estimate of drug-likeness (QED) is 0.775. The molecule has 3 aromatic rings. The van der Waals surface area contributed by atoms with Crippen LogP contribution in [0.15, 0.2) is 43.1 Å². The molecule has 25 heavy (non-hydrogen) atoms. The zero-order valence-electron chi connectivity index (χ0n) is 13.9. The molecule has 0 unspecified atom stereocenters. The summed E-state index contributed by atoms with van der Waals surface area (Å²) in [6, 6.07) is 7.74. The monoisotopic (exact) mass is 334 g/mol. The first-order valence-corrected chi connectivity index (χ1v) is 8.25. The summed E-state index contributed by atoms with van der Waals surface area (Å²) in [5, 5.41) is 10.6. The zero-order valence-corrected chi connectivity index (χ0v) is 13.9. The van der Waals surface area contributed by atoms with Gasteiger partial charge in [-0.15, -0.1) is 10.2 Å². The summed E-state index contributed by atoms with van der Waals surface area (Å²) in [6.07, 6.45) is 7.14. The molecule has 7 heteroatoms. The Morgan fingerprint density at radius 1 is 1.28 bits per heavy atom. The number of benzene rings is 1. The normalized spacial score (nSPS) is 13.6. The third-order valence-corrected chi connectivity index (χ3v) is 4.16. The average Bonchev–Trinajstić information content (AvgIpc) is 3.33. The van der Waals surface area contributed by atoms with Gasteiger partial charge in [0, 0.05) is 17.8 Å². The number of carbonyl (C=O) groups excluding carboxylic acids is 1. The molecule has 0 spiro atoms. The lowest BCUT2D eigenvalue weighted by atomic mass is 10.1. The molecule has 1 fully saturated rings. The third kappa shape index (κ3) is 3.55. The molecule has 1 N–H and O–H groups in total. The number of anilines is 1. The lowest BCUT2D eigenvalue weighted by Crippen LogP contribution is -2.16. The van der Waals surface area contributed by atoms with Crippen LogP contribution in [0.1, 0.15) is 46.2 Å². The standard InChI is InChI=1S/C18H18N6O/c1-12-19-8-16(17(22-12)14-5-6-14)18(25)23-15-4-2-3-13(7-15)9-24-10-20-21-11-24/h2-4,7-8,10-11,14H,5-6,9H2,1H3,(H,23,25). The van der Waals surface area contributed by atoms with Crippen LogP contribution < -0.4 is 5.32 Å². The third-order valence-electron chi connectivity index (χ3n) is 4.16. The van der Waals surface area contributed by atoms with E-state index in [1.54, 1.807) is 18.9 Å². The minimum atomic E-state index is -0.164. The number of nitrogens with one attached hydrogen (secondary N) is 1. The van der Waals surface area contributed by atoms with Gasteiger partial charge in [0.2, 0.25) is 0 Å². The van der Waals surface area contributed by atoms with Crippen LogP contribution in [0.25, 0.3) is 0 Å². The van der Waals surface area contributed by atoms with Crippen molar-refractivity contribution in [3.05, 3.63) is 65.8 Å². The maximum absolute atomic E-state index is 12.7. The Hall–Kier alpha value is -3.09. The van der Waals surface area contributed by atoms with Crippen LogP contribution in [0.2, 0.25) is 0 Å². The predicted octanol–water partition coefficient (Wildman–Crippen LogP) is 2.55. The van der Waals surface area contributed by atoms with Gasteiger partial charge in [0.05, 0.1) is 17.8 Å². The van der Waals surface area contributed by atoms with Gasteiger partial charge in [-0.2, -0.15) is 0 Å².